The van der Waals surface area contributed by atoms with Crippen molar-refractivity contribution in [2.24, 2.45) is 0 Å². The van der Waals surface area contributed by atoms with Gasteiger partial charge >= 0.3 is 6.92 Å². The lowest BCUT2D eigenvalue weighted by Crippen LogP contribution is -2.39. The normalized spacial score (nSPS) is 27.6. The quantitative estimate of drug-likeness (QED) is 0.301. The summed E-state index contributed by atoms with van der Waals surface area (Å²) in [6.45, 7) is 2.68. The number of hydrogen-bond acceptors (Lipinski definition) is 1. The highest BCUT2D eigenvalue weighted by Crippen LogP contribution is 2.47. The van der Waals surface area contributed by atoms with Gasteiger partial charge in [0.05, 0.1) is 0 Å². The first kappa shape index (κ1) is 15.3. The number of rotatable bonds is 5. The van der Waals surface area contributed by atoms with Crippen molar-refractivity contribution < 1.29 is 4.65 Å². The van der Waals surface area contributed by atoms with E-state index in [4.69, 9.17) is 16.3 Å². The lowest BCUT2D eigenvalue weighted by atomic mass is 9.38. The van der Waals surface area contributed by atoms with Crippen molar-refractivity contribution in [3.8, 4) is 11.8 Å². The minimum absolute atomic E-state index is 0.140. The first-order valence-electron chi connectivity index (χ1n) is 8.05. The van der Waals surface area contributed by atoms with Crippen molar-refractivity contribution in [3.63, 3.8) is 0 Å². The highest BCUT2D eigenvalue weighted by molar-refractivity contribution is 6.56. The molecule has 0 aliphatic carbocycles. The van der Waals surface area contributed by atoms with E-state index in [1.54, 1.807) is 0 Å². The molecule has 2 bridgehead atoms. The van der Waals surface area contributed by atoms with Crippen LogP contribution in [0.25, 0.3) is 0 Å². The molecule has 2 aliphatic heterocycles. The summed E-state index contributed by atoms with van der Waals surface area (Å²) in [5.74, 6) is 8.87. The van der Waals surface area contributed by atoms with Crippen LogP contribution in [0, 0.1) is 11.8 Å². The zero-order chi connectivity index (χ0) is 13.5. The van der Waals surface area contributed by atoms with Gasteiger partial charge in [0, 0.05) is 12.3 Å². The Morgan fingerprint density at radius 3 is 2.37 bits per heavy atom. The second-order valence-corrected chi connectivity index (χ2v) is 6.37. The molecule has 0 aromatic heterocycles. The summed E-state index contributed by atoms with van der Waals surface area (Å²) >= 11 is 5.67. The molecule has 0 radical (unpaired) electrons. The van der Waals surface area contributed by atoms with Crippen LogP contribution in [0.15, 0.2) is 0 Å². The van der Waals surface area contributed by atoms with Gasteiger partial charge in [0.2, 0.25) is 0 Å². The van der Waals surface area contributed by atoms with Crippen LogP contribution in [0.3, 0.4) is 0 Å². The van der Waals surface area contributed by atoms with Crippen molar-refractivity contribution in [3.05, 3.63) is 0 Å². The summed E-state index contributed by atoms with van der Waals surface area (Å²) in [6.07, 6.45) is 11.3. The SMILES string of the molecule is CCC(C#CCCCCl)OB1C2CCCC1CCC2. The van der Waals surface area contributed by atoms with E-state index in [1.807, 2.05) is 0 Å². The zero-order valence-electron chi connectivity index (χ0n) is 12.2. The Bertz CT molecular complexity index is 300. The summed E-state index contributed by atoms with van der Waals surface area (Å²) in [5.41, 5.74) is 0. The van der Waals surface area contributed by atoms with Crippen molar-refractivity contribution in [2.75, 3.05) is 5.88 Å². The number of halogens is 1. The number of unbranched alkanes of at least 4 members (excludes halogenated alkanes) is 1. The minimum Gasteiger partial charge on any atom is -0.422 e. The fraction of sp³-hybridized carbons (Fsp3) is 0.875. The molecule has 0 aromatic rings. The van der Waals surface area contributed by atoms with Gasteiger partial charge < -0.3 is 4.65 Å². The lowest BCUT2D eigenvalue weighted by molar-refractivity contribution is 0.219. The molecule has 2 aliphatic rings. The predicted molar refractivity (Wildman–Crippen MR) is 83.9 cm³/mol. The summed E-state index contributed by atoms with van der Waals surface area (Å²) < 4.78 is 6.38. The summed E-state index contributed by atoms with van der Waals surface area (Å²) in [5, 5.41) is 0. The van der Waals surface area contributed by atoms with E-state index in [0.29, 0.717) is 12.8 Å². The third-order valence-electron chi connectivity index (χ3n) is 4.62. The average molecular weight is 281 g/mol. The van der Waals surface area contributed by atoms with Gasteiger partial charge in [0.1, 0.15) is 6.10 Å². The third-order valence-corrected chi connectivity index (χ3v) is 4.89. The average Bonchev–Trinajstić information content (AvgIpc) is 2.42. The van der Waals surface area contributed by atoms with E-state index in [-0.39, 0.29) is 6.10 Å². The summed E-state index contributed by atoms with van der Waals surface area (Å²) in [7, 11) is 0. The molecule has 0 N–H and O–H groups in total. The molecule has 2 saturated heterocycles. The van der Waals surface area contributed by atoms with Crippen molar-refractivity contribution in [1.29, 1.82) is 0 Å². The lowest BCUT2D eigenvalue weighted by Gasteiger charge is -2.40. The third kappa shape index (κ3) is 4.43. The van der Waals surface area contributed by atoms with Crippen LogP contribution in [0.1, 0.15) is 64.7 Å². The fourth-order valence-corrected chi connectivity index (χ4v) is 3.73. The van der Waals surface area contributed by atoms with Crippen LogP contribution in [-0.4, -0.2) is 18.9 Å². The predicted octanol–water partition coefficient (Wildman–Crippen LogP) is 4.90. The van der Waals surface area contributed by atoms with Crippen LogP contribution in [0.4, 0.5) is 0 Å². The van der Waals surface area contributed by atoms with Gasteiger partial charge in [-0.15, -0.1) is 17.5 Å². The van der Waals surface area contributed by atoms with E-state index in [9.17, 15) is 0 Å². The van der Waals surface area contributed by atoms with Crippen LogP contribution in [0.2, 0.25) is 11.6 Å². The first-order valence-corrected chi connectivity index (χ1v) is 8.58. The molecular formula is C16H26BClO. The van der Waals surface area contributed by atoms with Gasteiger partial charge in [-0.2, -0.15) is 0 Å². The summed E-state index contributed by atoms with van der Waals surface area (Å²) in [6, 6.07) is 0. The van der Waals surface area contributed by atoms with Gasteiger partial charge in [-0.1, -0.05) is 51.4 Å². The second-order valence-electron chi connectivity index (χ2n) is 5.99. The molecule has 2 fully saturated rings. The molecule has 0 amide bonds. The molecule has 1 atom stereocenters. The molecule has 2 rings (SSSR count). The Morgan fingerprint density at radius 2 is 1.84 bits per heavy atom. The highest BCUT2D eigenvalue weighted by Gasteiger charge is 2.41. The molecule has 2 heterocycles. The maximum absolute atomic E-state index is 6.38. The summed E-state index contributed by atoms with van der Waals surface area (Å²) in [4.78, 5) is 0. The van der Waals surface area contributed by atoms with Crippen LogP contribution in [-0.2, 0) is 4.65 Å². The van der Waals surface area contributed by atoms with Gasteiger partial charge in [0.15, 0.2) is 0 Å². The fourth-order valence-electron chi connectivity index (χ4n) is 3.60. The van der Waals surface area contributed by atoms with E-state index in [1.165, 1.54) is 38.5 Å². The van der Waals surface area contributed by atoms with Crippen LogP contribution >= 0.6 is 11.6 Å². The van der Waals surface area contributed by atoms with E-state index < -0.39 is 0 Å². The zero-order valence-corrected chi connectivity index (χ0v) is 12.9. The first-order chi connectivity index (χ1) is 9.35. The molecule has 106 valence electrons. The van der Waals surface area contributed by atoms with Crippen molar-refractivity contribution in [1.82, 2.24) is 0 Å². The largest absolute Gasteiger partial charge is 0.422 e. The molecule has 0 aromatic carbocycles. The Hall–Kier alpha value is -0.125. The van der Waals surface area contributed by atoms with Gasteiger partial charge in [0.25, 0.3) is 0 Å². The topological polar surface area (TPSA) is 9.23 Å². The monoisotopic (exact) mass is 280 g/mol. The number of fused-ring (bicyclic) bond motifs is 2. The Balaban J connectivity index is 1.87. The van der Waals surface area contributed by atoms with E-state index in [0.717, 1.165) is 30.9 Å². The van der Waals surface area contributed by atoms with Gasteiger partial charge in [-0.05, 0) is 24.5 Å². The maximum Gasteiger partial charge on any atom is 0.301 e. The van der Waals surface area contributed by atoms with Gasteiger partial charge in [-0.25, -0.2) is 0 Å². The Morgan fingerprint density at radius 1 is 1.21 bits per heavy atom. The van der Waals surface area contributed by atoms with Gasteiger partial charge in [-0.3, -0.25) is 0 Å². The maximum atomic E-state index is 6.38. The van der Waals surface area contributed by atoms with Crippen molar-refractivity contribution in [2.45, 2.75) is 82.4 Å². The number of alkyl halides is 1. The minimum atomic E-state index is 0.140. The molecule has 3 heteroatoms. The van der Waals surface area contributed by atoms with Crippen LogP contribution < -0.4 is 0 Å². The van der Waals surface area contributed by atoms with Crippen molar-refractivity contribution >= 4 is 18.5 Å². The molecule has 1 unspecified atom stereocenters. The van der Waals surface area contributed by atoms with E-state index in [2.05, 4.69) is 18.8 Å². The Labute approximate surface area is 123 Å². The molecule has 19 heavy (non-hydrogen) atoms. The molecule has 0 spiro atoms. The van der Waals surface area contributed by atoms with E-state index >= 15 is 0 Å². The number of hydrogen-bond donors (Lipinski definition) is 0. The van der Waals surface area contributed by atoms with Crippen LogP contribution in [0.5, 0.6) is 0 Å². The smallest absolute Gasteiger partial charge is 0.301 e. The Kier molecular flexibility index (Phi) is 6.61. The molecule has 1 nitrogen and oxygen atoms in total. The highest BCUT2D eigenvalue weighted by atomic mass is 35.5. The second kappa shape index (κ2) is 8.23. The standard InChI is InChI=1S/C16H26BClO/c1-2-16(12-4-3-5-13-18)19-17-14-8-6-9-15(17)11-7-10-14/h14-16H,2-3,5-11,13H2,1H3. The molecule has 0 saturated carbocycles. The molecular weight excluding hydrogens is 254 g/mol.